The Morgan fingerprint density at radius 2 is 1.75 bits per heavy atom. The third-order valence-electron chi connectivity index (χ3n) is 5.39. The van der Waals surface area contributed by atoms with Crippen molar-refractivity contribution in [2.45, 2.75) is 71.0 Å². The molecule has 1 saturated carbocycles. The van der Waals surface area contributed by atoms with E-state index in [9.17, 15) is 31.4 Å². The highest BCUT2D eigenvalue weighted by atomic mass is 19.4. The number of nitrogens with one attached hydrogen (secondary N) is 1. The molecule has 0 amide bonds. The summed E-state index contributed by atoms with van der Waals surface area (Å²) in [5.41, 5.74) is 2.25. The van der Waals surface area contributed by atoms with E-state index in [-0.39, 0.29) is 29.8 Å². The Hall–Kier alpha value is -3.09. The van der Waals surface area contributed by atoms with Gasteiger partial charge in [-0.15, -0.1) is 5.10 Å². The second-order valence-electron chi connectivity index (χ2n) is 9.47. The molecule has 198 valence electrons. The second-order valence-corrected chi connectivity index (χ2v) is 9.47. The van der Waals surface area contributed by atoms with Gasteiger partial charge in [-0.25, -0.2) is 4.98 Å². The van der Waals surface area contributed by atoms with Gasteiger partial charge >= 0.3 is 18.9 Å². The van der Waals surface area contributed by atoms with Crippen molar-refractivity contribution in [2.75, 3.05) is 11.9 Å². The third kappa shape index (κ3) is 7.21. The van der Waals surface area contributed by atoms with Crippen molar-refractivity contribution < 1.29 is 40.6 Å². The lowest BCUT2D eigenvalue weighted by Gasteiger charge is -2.30. The van der Waals surface area contributed by atoms with Crippen LogP contribution >= 0.6 is 0 Å². The van der Waals surface area contributed by atoms with Crippen LogP contribution in [0, 0.1) is 6.92 Å². The highest BCUT2D eigenvalue weighted by molar-refractivity contribution is 5.89. The molecule has 0 aliphatic heterocycles. The van der Waals surface area contributed by atoms with Gasteiger partial charge in [0, 0.05) is 11.4 Å². The molecule has 4 rings (SSSR count). The Morgan fingerprint density at radius 1 is 1.11 bits per heavy atom. The van der Waals surface area contributed by atoms with Crippen molar-refractivity contribution in [3.05, 3.63) is 29.3 Å². The fourth-order valence-corrected chi connectivity index (χ4v) is 3.66. The van der Waals surface area contributed by atoms with Crippen LogP contribution in [0.5, 0.6) is 5.75 Å². The first-order chi connectivity index (χ1) is 16.6. The molecule has 2 heterocycles. The number of rotatable bonds is 5. The van der Waals surface area contributed by atoms with Crippen molar-refractivity contribution in [2.24, 2.45) is 0 Å². The third-order valence-corrected chi connectivity index (χ3v) is 5.39. The van der Waals surface area contributed by atoms with Crippen LogP contribution in [0.25, 0.3) is 22.5 Å². The number of hydrogen-bond donors (Lipinski definition) is 2. The molecule has 0 atom stereocenters. The highest BCUT2D eigenvalue weighted by Gasteiger charge is 2.30. The van der Waals surface area contributed by atoms with Crippen molar-refractivity contribution in [3.8, 4) is 17.3 Å². The van der Waals surface area contributed by atoms with Crippen molar-refractivity contribution >= 4 is 16.9 Å². The van der Waals surface area contributed by atoms with Crippen LogP contribution < -0.4 is 10.1 Å². The van der Waals surface area contributed by atoms with E-state index in [1.807, 2.05) is 27.7 Å². The van der Waals surface area contributed by atoms with Gasteiger partial charge in [0.05, 0.1) is 11.6 Å². The molecule has 1 aliphatic carbocycles. The molecule has 0 unspecified atom stereocenters. The number of alkyl halides is 6. The number of aliphatic hydroxyl groups is 1. The lowest BCUT2D eigenvalue weighted by Crippen LogP contribution is -2.39. The summed E-state index contributed by atoms with van der Waals surface area (Å²) < 4.78 is 77.7. The maximum Gasteiger partial charge on any atom is 0.422 e. The summed E-state index contributed by atoms with van der Waals surface area (Å²) >= 11 is 0. The molecule has 1 aliphatic rings. The van der Waals surface area contributed by atoms with E-state index in [2.05, 4.69) is 15.5 Å². The maximum atomic E-state index is 12.7. The number of halogens is 6. The first-order valence-electron chi connectivity index (χ1n) is 11.0. The van der Waals surface area contributed by atoms with Gasteiger partial charge in [-0.2, -0.15) is 26.3 Å². The van der Waals surface area contributed by atoms with Gasteiger partial charge in [-0.1, -0.05) is 25.9 Å². The van der Waals surface area contributed by atoms with Gasteiger partial charge < -0.3 is 19.6 Å². The molecule has 1 aromatic carbocycles. The van der Waals surface area contributed by atoms with Crippen molar-refractivity contribution in [1.82, 2.24) is 15.2 Å². The molecule has 1 fully saturated rings. The van der Waals surface area contributed by atoms with E-state index in [1.165, 1.54) is 0 Å². The smallest absolute Gasteiger partial charge is 0.422 e. The normalized spacial score (nSPS) is 18.0. The lowest BCUT2D eigenvalue weighted by atomic mass is 9.84. The number of pyridine rings is 1. The summed E-state index contributed by atoms with van der Waals surface area (Å²) in [5, 5.41) is 21.3. The molecule has 3 aromatic rings. The average molecular weight is 520 g/mol. The molecule has 0 spiro atoms. The predicted molar refractivity (Wildman–Crippen MR) is 120 cm³/mol. The SMILES string of the molecule is Cc1cc(-c2nnc(NC3CC(O)C3)o2)nc2c(C(C)(C)C)cc(OCC(F)(F)F)cc12.FC(F)F. The molecule has 0 radical (unpaired) electrons. The minimum absolute atomic E-state index is 0.0900. The van der Waals surface area contributed by atoms with Crippen molar-refractivity contribution in [1.29, 1.82) is 0 Å². The van der Waals surface area contributed by atoms with Crippen LogP contribution in [-0.2, 0) is 5.41 Å². The van der Waals surface area contributed by atoms with E-state index in [1.54, 1.807) is 18.2 Å². The van der Waals surface area contributed by atoms with Gasteiger partial charge in [-0.05, 0) is 54.5 Å². The molecule has 0 bridgehead atoms. The van der Waals surface area contributed by atoms with E-state index >= 15 is 0 Å². The predicted octanol–water partition coefficient (Wildman–Crippen LogP) is 5.95. The quantitative estimate of drug-likeness (QED) is 0.402. The van der Waals surface area contributed by atoms with Crippen LogP contribution in [0.2, 0.25) is 0 Å². The fraction of sp³-hybridized carbons (Fsp3) is 0.522. The number of aromatic nitrogens is 3. The summed E-state index contributed by atoms with van der Waals surface area (Å²) in [6, 6.07) is 5.28. The Kier molecular flexibility index (Phi) is 8.01. The number of nitrogens with zero attached hydrogens (tertiary/aromatic N) is 3. The first kappa shape index (κ1) is 27.5. The van der Waals surface area contributed by atoms with Gasteiger partial charge in [0.25, 0.3) is 5.89 Å². The number of anilines is 1. The van der Waals surface area contributed by atoms with Gasteiger partial charge in [-0.3, -0.25) is 0 Å². The maximum absolute atomic E-state index is 12.7. The molecule has 13 heteroatoms. The average Bonchev–Trinajstić information content (AvgIpc) is 3.18. The highest BCUT2D eigenvalue weighted by Crippen LogP contribution is 2.36. The summed E-state index contributed by atoms with van der Waals surface area (Å²) in [4.78, 5) is 4.72. The Labute approximate surface area is 202 Å². The number of ether oxygens (including phenoxy) is 1. The van der Waals surface area contributed by atoms with E-state index in [0.29, 0.717) is 29.4 Å². The largest absolute Gasteiger partial charge is 0.484 e. The Balaban J connectivity index is 0.000000840. The van der Waals surface area contributed by atoms with Gasteiger partial charge in [0.15, 0.2) is 6.61 Å². The lowest BCUT2D eigenvalue weighted by molar-refractivity contribution is -0.153. The zero-order valence-electron chi connectivity index (χ0n) is 20.0. The van der Waals surface area contributed by atoms with Crippen LogP contribution in [-0.4, -0.2) is 51.9 Å². The minimum Gasteiger partial charge on any atom is -0.484 e. The molecular weight excluding hydrogens is 494 g/mol. The molecule has 36 heavy (non-hydrogen) atoms. The van der Waals surface area contributed by atoms with Crippen LogP contribution in [0.1, 0.15) is 44.7 Å². The van der Waals surface area contributed by atoms with E-state index < -0.39 is 24.9 Å². The molecule has 2 aromatic heterocycles. The zero-order chi connectivity index (χ0) is 26.8. The second kappa shape index (κ2) is 10.5. The Bertz CT molecular complexity index is 1180. The molecule has 0 saturated heterocycles. The molecule has 7 nitrogen and oxygen atoms in total. The van der Waals surface area contributed by atoms with Crippen LogP contribution in [0.4, 0.5) is 32.4 Å². The monoisotopic (exact) mass is 520 g/mol. The molecular formula is C23H26F6N4O3. The number of aryl methyl sites for hydroxylation is 1. The van der Waals surface area contributed by atoms with Gasteiger partial charge in [0.1, 0.15) is 11.4 Å². The van der Waals surface area contributed by atoms with E-state index in [4.69, 9.17) is 14.1 Å². The number of hydrogen-bond acceptors (Lipinski definition) is 7. The summed E-state index contributed by atoms with van der Waals surface area (Å²) in [6.07, 6.45) is -3.48. The zero-order valence-corrected chi connectivity index (χ0v) is 20.0. The standard InChI is InChI=1S/C22H25F3N4O3.CHF3/c1-11-5-17(19-28-29-20(32-19)26-12-6-13(30)7-12)27-18-15(11)8-14(31-10-22(23,24)25)9-16(18)21(2,3)4;2-1(3)4/h5,8-9,12-13,30H,6-7,10H2,1-4H3,(H,26,29);1H. The first-order valence-corrected chi connectivity index (χ1v) is 11.0. The van der Waals surface area contributed by atoms with Gasteiger partial charge in [0.2, 0.25) is 0 Å². The number of benzene rings is 1. The summed E-state index contributed by atoms with van der Waals surface area (Å²) in [5.74, 6) is 0.374. The topological polar surface area (TPSA) is 93.3 Å². The van der Waals surface area contributed by atoms with Crippen LogP contribution in [0.15, 0.2) is 22.6 Å². The van der Waals surface area contributed by atoms with E-state index in [0.717, 1.165) is 11.1 Å². The van der Waals surface area contributed by atoms with Crippen LogP contribution in [0.3, 0.4) is 0 Å². The van der Waals surface area contributed by atoms with Crippen molar-refractivity contribution in [3.63, 3.8) is 0 Å². The number of fused-ring (bicyclic) bond motifs is 1. The molecule has 2 N–H and O–H groups in total. The summed E-state index contributed by atoms with van der Waals surface area (Å²) in [7, 11) is 0. The minimum atomic E-state index is -4.42. The fourth-order valence-electron chi connectivity index (χ4n) is 3.66. The summed E-state index contributed by atoms with van der Waals surface area (Å²) in [6.45, 7) is 2.70. The number of aliphatic hydroxyl groups excluding tert-OH is 1. The Morgan fingerprint density at radius 3 is 2.31 bits per heavy atom.